The predicted octanol–water partition coefficient (Wildman–Crippen LogP) is 2.19. The predicted molar refractivity (Wildman–Crippen MR) is 83.0 cm³/mol. The minimum atomic E-state index is -0.572. The number of hydrogen-bond donors (Lipinski definition) is 2. The standard InChI is InChI=1S/C16H27N3O/c1-3-8-16(2,20)13-18-14-6-11-19(12-7-14)15-4-9-17-10-5-15/h4-5,9-10,14,18,20H,3,6-8,11-13H2,1-2H3. The average molecular weight is 277 g/mol. The maximum Gasteiger partial charge on any atom is 0.0743 e. The van der Waals surface area contributed by atoms with E-state index in [9.17, 15) is 5.11 Å². The second kappa shape index (κ2) is 7.04. The third kappa shape index (κ3) is 4.46. The molecule has 0 spiro atoms. The molecule has 1 unspecified atom stereocenters. The molecule has 2 heterocycles. The van der Waals surface area contributed by atoms with Gasteiger partial charge in [-0.2, -0.15) is 0 Å². The first-order chi connectivity index (χ1) is 9.61. The molecule has 1 aromatic rings. The van der Waals surface area contributed by atoms with E-state index in [1.165, 1.54) is 5.69 Å². The number of aromatic nitrogens is 1. The normalized spacial score (nSPS) is 19.9. The van der Waals surface area contributed by atoms with Gasteiger partial charge in [-0.3, -0.25) is 4.98 Å². The lowest BCUT2D eigenvalue weighted by Crippen LogP contribution is -2.47. The van der Waals surface area contributed by atoms with Crippen molar-refractivity contribution in [3.05, 3.63) is 24.5 Å². The zero-order valence-corrected chi connectivity index (χ0v) is 12.7. The minimum absolute atomic E-state index is 0.524. The highest BCUT2D eigenvalue weighted by Gasteiger charge is 2.23. The zero-order chi connectivity index (χ0) is 14.4. The van der Waals surface area contributed by atoms with E-state index in [1.54, 1.807) is 0 Å². The molecule has 1 aliphatic heterocycles. The number of pyridine rings is 1. The van der Waals surface area contributed by atoms with Gasteiger partial charge in [0.15, 0.2) is 0 Å². The summed E-state index contributed by atoms with van der Waals surface area (Å²) < 4.78 is 0. The molecule has 20 heavy (non-hydrogen) atoms. The largest absolute Gasteiger partial charge is 0.389 e. The molecular formula is C16H27N3O. The highest BCUT2D eigenvalue weighted by atomic mass is 16.3. The summed E-state index contributed by atoms with van der Waals surface area (Å²) in [7, 11) is 0. The molecule has 1 saturated heterocycles. The van der Waals surface area contributed by atoms with Gasteiger partial charge in [-0.1, -0.05) is 13.3 Å². The van der Waals surface area contributed by atoms with Crippen LogP contribution in [-0.2, 0) is 0 Å². The molecule has 0 bridgehead atoms. The van der Waals surface area contributed by atoms with Gasteiger partial charge in [-0.05, 0) is 38.3 Å². The van der Waals surface area contributed by atoms with Gasteiger partial charge in [-0.15, -0.1) is 0 Å². The first kappa shape index (κ1) is 15.3. The van der Waals surface area contributed by atoms with Crippen LogP contribution in [0.1, 0.15) is 39.5 Å². The van der Waals surface area contributed by atoms with Crippen molar-refractivity contribution in [2.45, 2.75) is 51.2 Å². The lowest BCUT2D eigenvalue weighted by molar-refractivity contribution is 0.0462. The van der Waals surface area contributed by atoms with Crippen molar-refractivity contribution >= 4 is 5.69 Å². The molecule has 2 N–H and O–H groups in total. The molecule has 1 atom stereocenters. The van der Waals surface area contributed by atoms with E-state index in [1.807, 2.05) is 19.3 Å². The van der Waals surface area contributed by atoms with Crippen molar-refractivity contribution < 1.29 is 5.11 Å². The van der Waals surface area contributed by atoms with Gasteiger partial charge in [0.1, 0.15) is 0 Å². The van der Waals surface area contributed by atoms with Crippen LogP contribution in [0.3, 0.4) is 0 Å². The second-order valence-corrected chi connectivity index (χ2v) is 6.09. The van der Waals surface area contributed by atoms with E-state index < -0.39 is 5.60 Å². The number of nitrogens with one attached hydrogen (secondary N) is 1. The Bertz CT molecular complexity index is 386. The van der Waals surface area contributed by atoms with Crippen molar-refractivity contribution in [1.82, 2.24) is 10.3 Å². The highest BCUT2D eigenvalue weighted by molar-refractivity contribution is 5.44. The maximum atomic E-state index is 10.2. The van der Waals surface area contributed by atoms with Crippen molar-refractivity contribution in [2.75, 3.05) is 24.5 Å². The molecular weight excluding hydrogens is 250 g/mol. The molecule has 2 rings (SSSR count). The number of anilines is 1. The topological polar surface area (TPSA) is 48.4 Å². The van der Waals surface area contributed by atoms with E-state index >= 15 is 0 Å². The maximum absolute atomic E-state index is 10.2. The van der Waals surface area contributed by atoms with E-state index in [0.29, 0.717) is 12.6 Å². The van der Waals surface area contributed by atoms with Crippen LogP contribution in [0.2, 0.25) is 0 Å². The molecule has 0 aromatic carbocycles. The SMILES string of the molecule is CCCC(C)(O)CNC1CCN(c2ccncc2)CC1. The van der Waals surface area contributed by atoms with Gasteiger partial charge in [0.05, 0.1) is 5.60 Å². The summed E-state index contributed by atoms with van der Waals surface area (Å²) in [4.78, 5) is 6.47. The van der Waals surface area contributed by atoms with Crippen LogP contribution in [0.4, 0.5) is 5.69 Å². The number of piperidine rings is 1. The van der Waals surface area contributed by atoms with Gasteiger partial charge < -0.3 is 15.3 Å². The smallest absolute Gasteiger partial charge is 0.0743 e. The first-order valence-corrected chi connectivity index (χ1v) is 7.71. The fraction of sp³-hybridized carbons (Fsp3) is 0.688. The fourth-order valence-electron chi connectivity index (χ4n) is 2.89. The van der Waals surface area contributed by atoms with Gasteiger partial charge in [-0.25, -0.2) is 0 Å². The Labute approximate surface area is 122 Å². The lowest BCUT2D eigenvalue weighted by atomic mass is 9.98. The summed E-state index contributed by atoms with van der Waals surface area (Å²) >= 11 is 0. The highest BCUT2D eigenvalue weighted by Crippen LogP contribution is 2.19. The van der Waals surface area contributed by atoms with Crippen LogP contribution < -0.4 is 10.2 Å². The lowest BCUT2D eigenvalue weighted by Gasteiger charge is -2.35. The fourth-order valence-corrected chi connectivity index (χ4v) is 2.89. The zero-order valence-electron chi connectivity index (χ0n) is 12.7. The number of hydrogen-bond acceptors (Lipinski definition) is 4. The molecule has 1 fully saturated rings. The number of aliphatic hydroxyl groups is 1. The molecule has 0 radical (unpaired) electrons. The summed E-state index contributed by atoms with van der Waals surface area (Å²) in [6, 6.07) is 4.66. The van der Waals surface area contributed by atoms with Gasteiger partial charge in [0.25, 0.3) is 0 Å². The molecule has 0 amide bonds. The second-order valence-electron chi connectivity index (χ2n) is 6.09. The molecule has 0 aliphatic carbocycles. The third-order valence-corrected chi connectivity index (χ3v) is 4.08. The Balaban J connectivity index is 1.75. The quantitative estimate of drug-likeness (QED) is 0.837. The monoisotopic (exact) mass is 277 g/mol. The van der Waals surface area contributed by atoms with Gasteiger partial charge in [0, 0.05) is 43.8 Å². The van der Waals surface area contributed by atoms with Crippen LogP contribution in [-0.4, -0.2) is 41.4 Å². The Morgan fingerprint density at radius 1 is 1.35 bits per heavy atom. The van der Waals surface area contributed by atoms with E-state index in [-0.39, 0.29) is 0 Å². The van der Waals surface area contributed by atoms with Crippen LogP contribution in [0.25, 0.3) is 0 Å². The Hall–Kier alpha value is -1.13. The molecule has 112 valence electrons. The van der Waals surface area contributed by atoms with Crippen LogP contribution >= 0.6 is 0 Å². The minimum Gasteiger partial charge on any atom is -0.389 e. The Morgan fingerprint density at radius 3 is 2.60 bits per heavy atom. The van der Waals surface area contributed by atoms with Crippen LogP contribution in [0.15, 0.2) is 24.5 Å². The summed E-state index contributed by atoms with van der Waals surface area (Å²) in [5.74, 6) is 0. The van der Waals surface area contributed by atoms with Gasteiger partial charge in [0.2, 0.25) is 0 Å². The molecule has 4 nitrogen and oxygen atoms in total. The molecule has 4 heteroatoms. The Kier molecular flexibility index (Phi) is 5.38. The van der Waals surface area contributed by atoms with Crippen molar-refractivity contribution in [1.29, 1.82) is 0 Å². The summed E-state index contributed by atoms with van der Waals surface area (Å²) in [5.41, 5.74) is 0.688. The molecule has 1 aromatic heterocycles. The molecule has 1 aliphatic rings. The average Bonchev–Trinajstić information content (AvgIpc) is 2.47. The Morgan fingerprint density at radius 2 is 2.00 bits per heavy atom. The van der Waals surface area contributed by atoms with Crippen molar-refractivity contribution in [3.8, 4) is 0 Å². The summed E-state index contributed by atoms with van der Waals surface area (Å²) in [6.45, 7) is 6.87. The number of nitrogens with zero attached hydrogens (tertiary/aromatic N) is 2. The third-order valence-electron chi connectivity index (χ3n) is 4.08. The van der Waals surface area contributed by atoms with E-state index in [2.05, 4.69) is 34.3 Å². The van der Waals surface area contributed by atoms with Gasteiger partial charge >= 0.3 is 0 Å². The first-order valence-electron chi connectivity index (χ1n) is 7.71. The van der Waals surface area contributed by atoms with Crippen LogP contribution in [0.5, 0.6) is 0 Å². The summed E-state index contributed by atoms with van der Waals surface area (Å²) in [6.07, 6.45) is 7.84. The van der Waals surface area contributed by atoms with Crippen molar-refractivity contribution in [3.63, 3.8) is 0 Å². The molecule has 0 saturated carbocycles. The van der Waals surface area contributed by atoms with Crippen molar-refractivity contribution in [2.24, 2.45) is 0 Å². The van der Waals surface area contributed by atoms with E-state index in [0.717, 1.165) is 38.8 Å². The number of rotatable bonds is 6. The van der Waals surface area contributed by atoms with Crippen LogP contribution in [0, 0.1) is 0 Å². The summed E-state index contributed by atoms with van der Waals surface area (Å²) in [5, 5.41) is 13.7. The van der Waals surface area contributed by atoms with E-state index in [4.69, 9.17) is 0 Å².